The highest BCUT2D eigenvalue weighted by molar-refractivity contribution is 7.99. The van der Waals surface area contributed by atoms with Gasteiger partial charge in [-0.05, 0) is 24.3 Å². The summed E-state index contributed by atoms with van der Waals surface area (Å²) in [4.78, 5) is 12.1. The highest BCUT2D eigenvalue weighted by atomic mass is 32.2. The molecule has 0 saturated heterocycles. The Kier molecular flexibility index (Phi) is 7.40. The minimum atomic E-state index is -0.377. The van der Waals surface area contributed by atoms with Gasteiger partial charge in [-0.3, -0.25) is 9.36 Å². The van der Waals surface area contributed by atoms with Gasteiger partial charge in [-0.15, -0.1) is 16.8 Å². The summed E-state index contributed by atoms with van der Waals surface area (Å²) in [5, 5.41) is 11.5. The van der Waals surface area contributed by atoms with Crippen LogP contribution in [0.15, 0.2) is 72.4 Å². The molecule has 0 aliphatic heterocycles. The van der Waals surface area contributed by atoms with E-state index in [0.717, 1.165) is 5.75 Å². The lowest BCUT2D eigenvalue weighted by molar-refractivity contribution is -0.118. The first-order chi connectivity index (χ1) is 14.2. The number of allylic oxidation sites excluding steroid dienone is 1. The van der Waals surface area contributed by atoms with Gasteiger partial charge in [0.1, 0.15) is 18.2 Å². The Hall–Kier alpha value is -3.13. The minimum Gasteiger partial charge on any atom is -0.492 e. The summed E-state index contributed by atoms with van der Waals surface area (Å²) >= 11 is 1.24. The number of para-hydroxylation sites is 1. The molecule has 0 spiro atoms. The fraction of sp³-hybridized carbons (Fsp3) is 0.190. The summed E-state index contributed by atoms with van der Waals surface area (Å²) in [5.41, 5.74) is 0.358. The second kappa shape index (κ2) is 10.4. The Labute approximate surface area is 172 Å². The van der Waals surface area contributed by atoms with Crippen molar-refractivity contribution in [3.05, 3.63) is 73.1 Å². The van der Waals surface area contributed by atoms with Gasteiger partial charge in [0.05, 0.1) is 17.9 Å². The van der Waals surface area contributed by atoms with E-state index in [4.69, 9.17) is 4.74 Å². The zero-order valence-electron chi connectivity index (χ0n) is 15.8. The van der Waals surface area contributed by atoms with Crippen LogP contribution in [0.2, 0.25) is 0 Å². The number of nitrogens with one attached hydrogen (secondary N) is 1. The van der Waals surface area contributed by atoms with Gasteiger partial charge in [0.25, 0.3) is 0 Å². The van der Waals surface area contributed by atoms with Crippen LogP contribution in [0.4, 0.5) is 4.39 Å². The number of amides is 1. The SMILES string of the molecule is C=CCn1c(SCC(=O)NCCOc2ccccc2)nnc1-c1ccccc1F. The van der Waals surface area contributed by atoms with E-state index >= 15 is 0 Å². The molecule has 0 atom stereocenters. The van der Waals surface area contributed by atoms with E-state index in [1.165, 1.54) is 17.8 Å². The molecule has 150 valence electrons. The first-order valence-electron chi connectivity index (χ1n) is 9.05. The van der Waals surface area contributed by atoms with Gasteiger partial charge in [-0.25, -0.2) is 4.39 Å². The minimum absolute atomic E-state index is 0.146. The summed E-state index contributed by atoms with van der Waals surface area (Å²) < 4.78 is 21.4. The smallest absolute Gasteiger partial charge is 0.230 e. The molecular weight excluding hydrogens is 391 g/mol. The molecule has 1 amide bonds. The molecule has 0 unspecified atom stereocenters. The molecule has 29 heavy (non-hydrogen) atoms. The van der Waals surface area contributed by atoms with Gasteiger partial charge in [-0.1, -0.05) is 48.2 Å². The number of halogens is 1. The van der Waals surface area contributed by atoms with E-state index < -0.39 is 0 Å². The highest BCUT2D eigenvalue weighted by Crippen LogP contribution is 2.25. The molecule has 6 nitrogen and oxygen atoms in total. The van der Waals surface area contributed by atoms with Crippen molar-refractivity contribution < 1.29 is 13.9 Å². The molecule has 8 heteroatoms. The highest BCUT2D eigenvalue weighted by Gasteiger charge is 2.17. The lowest BCUT2D eigenvalue weighted by Crippen LogP contribution is -2.29. The van der Waals surface area contributed by atoms with Crippen LogP contribution in [0.3, 0.4) is 0 Å². The van der Waals surface area contributed by atoms with Gasteiger partial charge in [0, 0.05) is 6.54 Å². The number of aromatic nitrogens is 3. The predicted molar refractivity (Wildman–Crippen MR) is 111 cm³/mol. The summed E-state index contributed by atoms with van der Waals surface area (Å²) in [7, 11) is 0. The molecule has 0 saturated carbocycles. The summed E-state index contributed by atoms with van der Waals surface area (Å²) in [6.45, 7) is 4.92. The zero-order valence-corrected chi connectivity index (χ0v) is 16.6. The number of nitrogens with zero attached hydrogens (tertiary/aromatic N) is 3. The summed E-state index contributed by atoms with van der Waals surface area (Å²) in [6, 6.07) is 15.8. The van der Waals surface area contributed by atoms with Crippen LogP contribution in [-0.4, -0.2) is 39.6 Å². The van der Waals surface area contributed by atoms with Crippen LogP contribution in [0.25, 0.3) is 11.4 Å². The Morgan fingerprint density at radius 1 is 1.17 bits per heavy atom. The van der Waals surface area contributed by atoms with E-state index in [1.54, 1.807) is 28.8 Å². The number of thioether (sulfide) groups is 1. The fourth-order valence-corrected chi connectivity index (χ4v) is 3.37. The second-order valence-electron chi connectivity index (χ2n) is 5.99. The largest absolute Gasteiger partial charge is 0.492 e. The second-order valence-corrected chi connectivity index (χ2v) is 6.93. The molecule has 3 rings (SSSR count). The van der Waals surface area contributed by atoms with Crippen LogP contribution in [0, 0.1) is 5.82 Å². The molecule has 1 N–H and O–H groups in total. The third-order valence-corrected chi connectivity index (χ3v) is 4.88. The van der Waals surface area contributed by atoms with E-state index in [9.17, 15) is 9.18 Å². The first-order valence-corrected chi connectivity index (χ1v) is 10.0. The molecule has 1 heterocycles. The molecule has 0 aliphatic carbocycles. The average Bonchev–Trinajstić information content (AvgIpc) is 3.13. The van der Waals surface area contributed by atoms with Crippen molar-refractivity contribution in [2.24, 2.45) is 0 Å². The molecule has 3 aromatic rings. The van der Waals surface area contributed by atoms with Gasteiger partial charge < -0.3 is 10.1 Å². The van der Waals surface area contributed by atoms with Crippen molar-refractivity contribution in [2.45, 2.75) is 11.7 Å². The maximum absolute atomic E-state index is 14.1. The summed E-state index contributed by atoms with van der Waals surface area (Å²) in [5.74, 6) is 0.805. The number of carbonyl (C=O) groups is 1. The van der Waals surface area contributed by atoms with Crippen LogP contribution >= 0.6 is 11.8 Å². The van der Waals surface area contributed by atoms with E-state index in [1.807, 2.05) is 30.3 Å². The third-order valence-electron chi connectivity index (χ3n) is 3.91. The number of hydrogen-bond acceptors (Lipinski definition) is 5. The standard InChI is InChI=1S/C21H21FN4O2S/c1-2-13-26-20(17-10-6-7-11-18(17)22)24-25-21(26)29-15-19(27)23-12-14-28-16-8-4-3-5-9-16/h2-11H,1,12-15H2,(H,23,27). The van der Waals surface area contributed by atoms with Crippen molar-refractivity contribution in [1.82, 2.24) is 20.1 Å². The fourth-order valence-electron chi connectivity index (χ4n) is 2.59. The van der Waals surface area contributed by atoms with Gasteiger partial charge in [0.15, 0.2) is 11.0 Å². The molecule has 1 aromatic heterocycles. The third kappa shape index (κ3) is 5.68. The van der Waals surface area contributed by atoms with Crippen molar-refractivity contribution in [3.8, 4) is 17.1 Å². The van der Waals surface area contributed by atoms with Crippen LogP contribution in [0.1, 0.15) is 0 Å². The number of benzene rings is 2. The monoisotopic (exact) mass is 412 g/mol. The van der Waals surface area contributed by atoms with Crippen molar-refractivity contribution in [3.63, 3.8) is 0 Å². The van der Waals surface area contributed by atoms with Crippen molar-refractivity contribution in [1.29, 1.82) is 0 Å². The number of ether oxygens (including phenoxy) is 1. The van der Waals surface area contributed by atoms with E-state index in [0.29, 0.717) is 36.2 Å². The zero-order chi connectivity index (χ0) is 20.5. The number of rotatable bonds is 10. The lowest BCUT2D eigenvalue weighted by atomic mass is 10.2. The molecule has 0 aliphatic rings. The lowest BCUT2D eigenvalue weighted by Gasteiger charge is -2.09. The Morgan fingerprint density at radius 3 is 2.69 bits per heavy atom. The predicted octanol–water partition coefficient (Wildman–Crippen LogP) is 3.56. The molecular formula is C21H21FN4O2S. The van der Waals surface area contributed by atoms with Crippen molar-refractivity contribution in [2.75, 3.05) is 18.9 Å². The summed E-state index contributed by atoms with van der Waals surface area (Å²) in [6.07, 6.45) is 1.68. The number of carbonyl (C=O) groups excluding carboxylic acids is 1. The van der Waals surface area contributed by atoms with Gasteiger partial charge in [-0.2, -0.15) is 0 Å². The maximum Gasteiger partial charge on any atom is 0.230 e. The van der Waals surface area contributed by atoms with Crippen LogP contribution in [0.5, 0.6) is 5.75 Å². The van der Waals surface area contributed by atoms with Gasteiger partial charge in [0.2, 0.25) is 5.91 Å². The first kappa shape index (κ1) is 20.6. The molecule has 0 fully saturated rings. The van der Waals surface area contributed by atoms with E-state index in [2.05, 4.69) is 22.1 Å². The van der Waals surface area contributed by atoms with Crippen LogP contribution in [-0.2, 0) is 11.3 Å². The molecule has 2 aromatic carbocycles. The number of hydrogen-bond donors (Lipinski definition) is 1. The van der Waals surface area contributed by atoms with E-state index in [-0.39, 0.29) is 17.5 Å². The topological polar surface area (TPSA) is 69.0 Å². The Balaban J connectivity index is 1.54. The average molecular weight is 412 g/mol. The molecule has 0 radical (unpaired) electrons. The molecule has 0 bridgehead atoms. The Morgan fingerprint density at radius 2 is 1.93 bits per heavy atom. The Bertz CT molecular complexity index is 962. The normalized spacial score (nSPS) is 10.5. The van der Waals surface area contributed by atoms with Crippen LogP contribution < -0.4 is 10.1 Å². The maximum atomic E-state index is 14.1. The quantitative estimate of drug-likeness (QED) is 0.313. The van der Waals surface area contributed by atoms with Crippen molar-refractivity contribution >= 4 is 17.7 Å². The van der Waals surface area contributed by atoms with Gasteiger partial charge >= 0.3 is 0 Å².